The monoisotopic (exact) mass is 497 g/mol. The summed E-state index contributed by atoms with van der Waals surface area (Å²) in [6.07, 6.45) is 6.68. The zero-order valence-corrected chi connectivity index (χ0v) is 21.7. The summed E-state index contributed by atoms with van der Waals surface area (Å²) in [5.74, 6) is 0.604. The van der Waals surface area contributed by atoms with Crippen LogP contribution in [0.4, 0.5) is 21.6 Å². The number of rotatable bonds is 9. The molecule has 3 aromatic heterocycles. The van der Waals surface area contributed by atoms with Gasteiger partial charge < -0.3 is 10.2 Å². The van der Waals surface area contributed by atoms with Crippen molar-refractivity contribution in [1.82, 2.24) is 24.6 Å². The van der Waals surface area contributed by atoms with Gasteiger partial charge in [0.05, 0.1) is 16.6 Å². The lowest BCUT2D eigenvalue weighted by Crippen LogP contribution is -2.29. The molecule has 0 amide bonds. The second-order valence-electron chi connectivity index (χ2n) is 9.90. The first-order valence-corrected chi connectivity index (χ1v) is 12.8. The molecule has 7 nitrogen and oxygen atoms in total. The number of fused-ring (bicyclic) bond motifs is 2. The normalized spacial score (nSPS) is 11.5. The number of aromatic nitrogens is 5. The Kier molecular flexibility index (Phi) is 6.99. The van der Waals surface area contributed by atoms with Crippen molar-refractivity contribution in [3.05, 3.63) is 83.8 Å². The van der Waals surface area contributed by atoms with E-state index in [1.165, 1.54) is 17.5 Å². The van der Waals surface area contributed by atoms with Crippen LogP contribution < -0.4 is 10.2 Å². The molecule has 5 aromatic rings. The Morgan fingerprint density at radius 3 is 2.68 bits per heavy atom. The molecule has 0 aliphatic heterocycles. The summed E-state index contributed by atoms with van der Waals surface area (Å²) in [4.78, 5) is 15.1. The molecule has 0 unspecified atom stereocenters. The Hall–Kier alpha value is -4.07. The first-order chi connectivity index (χ1) is 17.9. The van der Waals surface area contributed by atoms with E-state index in [1.54, 1.807) is 10.8 Å². The number of benzene rings is 2. The Morgan fingerprint density at radius 2 is 1.89 bits per heavy atom. The number of hydrogen-bond donors (Lipinski definition) is 1. The minimum atomic E-state index is -0.285. The minimum absolute atomic E-state index is 0.285. The van der Waals surface area contributed by atoms with E-state index in [4.69, 9.17) is 0 Å². The van der Waals surface area contributed by atoms with E-state index in [9.17, 15) is 0 Å². The fourth-order valence-electron chi connectivity index (χ4n) is 4.76. The van der Waals surface area contributed by atoms with Crippen LogP contribution in [0.15, 0.2) is 61.3 Å². The maximum Gasteiger partial charge on any atom is 0.159 e. The second kappa shape index (κ2) is 10.5. The average Bonchev–Trinajstić information content (AvgIpc) is 3.34. The van der Waals surface area contributed by atoms with Gasteiger partial charge in [-0.1, -0.05) is 26.8 Å². The largest absolute Gasteiger partial charge is 0.369 e. The Morgan fingerprint density at radius 1 is 1.03 bits per heavy atom. The molecule has 0 fully saturated rings. The summed E-state index contributed by atoms with van der Waals surface area (Å²) >= 11 is 0. The van der Waals surface area contributed by atoms with Crippen molar-refractivity contribution in [2.45, 2.75) is 40.5 Å². The van der Waals surface area contributed by atoms with E-state index in [0.717, 1.165) is 42.8 Å². The smallest absolute Gasteiger partial charge is 0.159 e. The molecule has 0 atom stereocenters. The lowest BCUT2D eigenvalue weighted by atomic mass is 10.0. The number of hydrogen-bond acceptors (Lipinski definition) is 6. The van der Waals surface area contributed by atoms with Crippen molar-refractivity contribution < 1.29 is 4.39 Å². The summed E-state index contributed by atoms with van der Waals surface area (Å²) in [6.45, 7) is 10.1. The highest BCUT2D eigenvalue weighted by molar-refractivity contribution is 5.93. The van der Waals surface area contributed by atoms with Gasteiger partial charge >= 0.3 is 0 Å². The molecule has 5 rings (SSSR count). The summed E-state index contributed by atoms with van der Waals surface area (Å²) in [5, 5.41) is 7.92. The van der Waals surface area contributed by atoms with Crippen LogP contribution in [0.25, 0.3) is 16.6 Å². The summed E-state index contributed by atoms with van der Waals surface area (Å²) in [6, 6.07) is 14.0. The molecule has 0 spiro atoms. The molecular weight excluding hydrogens is 465 g/mol. The van der Waals surface area contributed by atoms with Gasteiger partial charge in [0.15, 0.2) is 11.5 Å². The molecule has 1 N–H and O–H groups in total. The molecule has 190 valence electrons. The number of aryl methyl sites for hydroxylation is 1. The molecule has 0 saturated carbocycles. The highest BCUT2D eigenvalue weighted by atomic mass is 19.1. The molecule has 0 aliphatic carbocycles. The Balaban J connectivity index is 1.43. The van der Waals surface area contributed by atoms with Crippen LogP contribution in [-0.2, 0) is 6.42 Å². The fraction of sp³-hybridized carbons (Fsp3) is 0.310. The maximum atomic E-state index is 16.0. The van der Waals surface area contributed by atoms with Gasteiger partial charge in [-0.25, -0.2) is 23.9 Å². The SMILES string of the molecule is CCCN(CC(C)C)c1ccc2ncnc(Nc3ccc(Cc4ccn5ncnc5c4)c(C)c3)c2c1F. The third kappa shape index (κ3) is 5.23. The summed E-state index contributed by atoms with van der Waals surface area (Å²) in [7, 11) is 0. The van der Waals surface area contributed by atoms with E-state index in [-0.39, 0.29) is 5.82 Å². The predicted molar refractivity (Wildman–Crippen MR) is 147 cm³/mol. The van der Waals surface area contributed by atoms with Crippen molar-refractivity contribution in [2.75, 3.05) is 23.3 Å². The van der Waals surface area contributed by atoms with Gasteiger partial charge in [-0.3, -0.25) is 0 Å². The number of nitrogens with one attached hydrogen (secondary N) is 1. The molecule has 8 heteroatoms. The van der Waals surface area contributed by atoms with Gasteiger partial charge in [-0.15, -0.1) is 0 Å². The van der Waals surface area contributed by atoms with Crippen LogP contribution in [0.5, 0.6) is 0 Å². The van der Waals surface area contributed by atoms with E-state index < -0.39 is 0 Å². The van der Waals surface area contributed by atoms with Crippen LogP contribution in [0, 0.1) is 18.7 Å². The molecule has 0 saturated heterocycles. The third-order valence-electron chi connectivity index (χ3n) is 6.48. The van der Waals surface area contributed by atoms with Gasteiger partial charge in [-0.2, -0.15) is 5.10 Å². The van der Waals surface area contributed by atoms with Crippen molar-refractivity contribution >= 4 is 33.7 Å². The van der Waals surface area contributed by atoms with E-state index in [2.05, 4.69) is 76.2 Å². The van der Waals surface area contributed by atoms with Gasteiger partial charge in [0.1, 0.15) is 18.5 Å². The van der Waals surface area contributed by atoms with Crippen molar-refractivity contribution in [3.63, 3.8) is 0 Å². The van der Waals surface area contributed by atoms with Crippen molar-refractivity contribution in [1.29, 1.82) is 0 Å². The third-order valence-corrected chi connectivity index (χ3v) is 6.48. The number of anilines is 3. The molecule has 2 aromatic carbocycles. The highest BCUT2D eigenvalue weighted by Gasteiger charge is 2.18. The van der Waals surface area contributed by atoms with E-state index >= 15 is 4.39 Å². The van der Waals surface area contributed by atoms with Crippen LogP contribution in [0.1, 0.15) is 43.9 Å². The molecule has 3 heterocycles. The lowest BCUT2D eigenvalue weighted by molar-refractivity contribution is 0.582. The second-order valence-corrected chi connectivity index (χ2v) is 9.90. The van der Waals surface area contributed by atoms with Crippen molar-refractivity contribution in [3.8, 4) is 0 Å². The van der Waals surface area contributed by atoms with E-state index in [0.29, 0.717) is 28.3 Å². The first-order valence-electron chi connectivity index (χ1n) is 12.8. The van der Waals surface area contributed by atoms with Crippen LogP contribution in [0.3, 0.4) is 0 Å². The van der Waals surface area contributed by atoms with Gasteiger partial charge in [0, 0.05) is 25.0 Å². The summed E-state index contributed by atoms with van der Waals surface area (Å²) in [5.41, 5.74) is 6.37. The number of pyridine rings is 1. The Labute approximate surface area is 216 Å². The zero-order valence-electron chi connectivity index (χ0n) is 21.7. The molecule has 0 radical (unpaired) electrons. The molecular formula is C29H32FN7. The van der Waals surface area contributed by atoms with Crippen molar-refractivity contribution in [2.24, 2.45) is 5.92 Å². The van der Waals surface area contributed by atoms with Crippen LogP contribution >= 0.6 is 0 Å². The standard InChI is InChI=1S/C29H32FN7/c1-5-11-36(16-19(2)3)25-9-8-24-27(28(25)30)29(33-17-31-24)35-23-7-6-22(20(4)13-23)14-21-10-12-37-26(15-21)32-18-34-37/h6-10,12-13,15,17-19H,5,11,14,16H2,1-4H3,(H,31,33,35). The van der Waals surface area contributed by atoms with Crippen LogP contribution in [-0.4, -0.2) is 37.7 Å². The summed E-state index contributed by atoms with van der Waals surface area (Å²) < 4.78 is 17.7. The zero-order chi connectivity index (χ0) is 25.9. The lowest BCUT2D eigenvalue weighted by Gasteiger charge is -2.27. The van der Waals surface area contributed by atoms with Gasteiger partial charge in [0.2, 0.25) is 0 Å². The Bertz CT molecular complexity index is 1540. The minimum Gasteiger partial charge on any atom is -0.369 e. The highest BCUT2D eigenvalue weighted by Crippen LogP contribution is 2.32. The van der Waals surface area contributed by atoms with Gasteiger partial charge in [-0.05, 0) is 78.8 Å². The van der Waals surface area contributed by atoms with Crippen LogP contribution in [0.2, 0.25) is 0 Å². The number of halogens is 1. The molecule has 37 heavy (non-hydrogen) atoms. The molecule has 0 bridgehead atoms. The van der Waals surface area contributed by atoms with Gasteiger partial charge in [0.25, 0.3) is 0 Å². The predicted octanol–water partition coefficient (Wildman–Crippen LogP) is 6.33. The molecule has 0 aliphatic rings. The quantitative estimate of drug-likeness (QED) is 0.257. The first kappa shape index (κ1) is 24.6. The average molecular weight is 498 g/mol. The van der Waals surface area contributed by atoms with E-state index in [1.807, 2.05) is 30.5 Å². The maximum absolute atomic E-state index is 16.0. The fourth-order valence-corrected chi connectivity index (χ4v) is 4.76. The number of nitrogens with zero attached hydrogens (tertiary/aromatic N) is 6. The topological polar surface area (TPSA) is 71.2 Å².